The Hall–Kier alpha value is -4.23. The molecular weight excluding hydrogens is 544 g/mol. The molecular formula is C25H25ClN8O4S. The van der Waals surface area contributed by atoms with E-state index in [4.69, 9.17) is 21.1 Å². The molecule has 2 unspecified atom stereocenters. The minimum absolute atomic E-state index is 0.0732. The Morgan fingerprint density at radius 3 is 2.31 bits per heavy atom. The average Bonchev–Trinajstić information content (AvgIpc) is 3.55. The van der Waals surface area contributed by atoms with Gasteiger partial charge in [0.25, 0.3) is 0 Å². The summed E-state index contributed by atoms with van der Waals surface area (Å²) in [7, 11) is -1.02. The van der Waals surface area contributed by atoms with Crippen molar-refractivity contribution in [3.63, 3.8) is 0 Å². The standard InChI is InChI=1S/C25H25ClN8O4S/c1-14(23-27-12-16(26)13-28-23)15(2)39(35,36)33-25-32-31-24(21-17-8-5-6-9-18(17)29-30-21)34(25)22-19(37-3)10-7-11-20(22)38-4/h5-15H,1-4H3,(H,29,30)(H,32,33). The molecule has 12 nitrogen and oxygen atoms in total. The normalized spacial score (nSPS) is 13.3. The number of hydrogen-bond acceptors (Lipinski definition) is 9. The number of aromatic amines is 1. The number of anilines is 1. The highest BCUT2D eigenvalue weighted by Gasteiger charge is 2.33. The van der Waals surface area contributed by atoms with Crippen LogP contribution in [0.3, 0.4) is 0 Å². The maximum absolute atomic E-state index is 13.6. The summed E-state index contributed by atoms with van der Waals surface area (Å²) < 4.78 is 42.6. The molecule has 0 aliphatic heterocycles. The van der Waals surface area contributed by atoms with Crippen LogP contribution in [0.1, 0.15) is 25.6 Å². The first-order valence-corrected chi connectivity index (χ1v) is 13.8. The Morgan fingerprint density at radius 2 is 1.64 bits per heavy atom. The molecule has 0 amide bonds. The molecule has 2 aromatic carbocycles. The van der Waals surface area contributed by atoms with E-state index in [1.54, 1.807) is 32.0 Å². The quantitative estimate of drug-likeness (QED) is 0.266. The van der Waals surface area contributed by atoms with Crippen molar-refractivity contribution in [2.75, 3.05) is 18.9 Å². The van der Waals surface area contributed by atoms with E-state index in [9.17, 15) is 8.42 Å². The van der Waals surface area contributed by atoms with E-state index in [0.717, 1.165) is 10.9 Å². The third-order valence-corrected chi connectivity index (χ3v) is 8.49. The van der Waals surface area contributed by atoms with E-state index in [1.807, 2.05) is 24.3 Å². The molecule has 0 aliphatic carbocycles. The van der Waals surface area contributed by atoms with Crippen LogP contribution in [0.25, 0.3) is 28.1 Å². The van der Waals surface area contributed by atoms with E-state index in [-0.39, 0.29) is 11.8 Å². The number of hydrogen-bond donors (Lipinski definition) is 2. The van der Waals surface area contributed by atoms with Crippen molar-refractivity contribution in [3.8, 4) is 28.7 Å². The first kappa shape index (κ1) is 26.4. The van der Waals surface area contributed by atoms with Gasteiger partial charge in [-0.15, -0.1) is 10.2 Å². The van der Waals surface area contributed by atoms with E-state index in [2.05, 4.69) is 35.1 Å². The van der Waals surface area contributed by atoms with Gasteiger partial charge in [0.15, 0.2) is 5.82 Å². The minimum Gasteiger partial charge on any atom is -0.494 e. The van der Waals surface area contributed by atoms with Gasteiger partial charge in [-0.05, 0) is 25.1 Å². The maximum Gasteiger partial charge on any atom is 0.243 e. The summed E-state index contributed by atoms with van der Waals surface area (Å²) >= 11 is 5.90. The molecule has 0 bridgehead atoms. The molecule has 3 aromatic heterocycles. The third-order valence-electron chi connectivity index (χ3n) is 6.45. The number of ether oxygens (including phenoxy) is 2. The SMILES string of the molecule is COc1cccc(OC)c1-n1c(NS(=O)(=O)C(C)C(C)c2ncc(Cl)cn2)nnc1-c1n[nH]c2ccccc12. The van der Waals surface area contributed by atoms with Gasteiger partial charge in [0.2, 0.25) is 16.0 Å². The van der Waals surface area contributed by atoms with Gasteiger partial charge >= 0.3 is 0 Å². The highest BCUT2D eigenvalue weighted by Crippen LogP contribution is 2.39. The van der Waals surface area contributed by atoms with Gasteiger partial charge in [-0.1, -0.05) is 42.8 Å². The second-order valence-electron chi connectivity index (χ2n) is 8.71. The number of benzene rings is 2. The first-order valence-electron chi connectivity index (χ1n) is 11.8. The van der Waals surface area contributed by atoms with E-state index in [1.165, 1.54) is 31.2 Å². The van der Waals surface area contributed by atoms with E-state index >= 15 is 0 Å². The summed E-state index contributed by atoms with van der Waals surface area (Å²) in [4.78, 5) is 8.37. The number of aromatic nitrogens is 7. The number of nitrogens with one attached hydrogen (secondary N) is 2. The number of methoxy groups -OCH3 is 2. The molecule has 0 saturated carbocycles. The zero-order chi connectivity index (χ0) is 27.7. The molecule has 14 heteroatoms. The van der Waals surface area contributed by atoms with Crippen molar-refractivity contribution in [1.82, 2.24) is 34.9 Å². The van der Waals surface area contributed by atoms with Gasteiger partial charge < -0.3 is 9.47 Å². The number of sulfonamides is 1. The largest absolute Gasteiger partial charge is 0.494 e. The van der Waals surface area contributed by atoms with Gasteiger partial charge in [-0.25, -0.2) is 18.4 Å². The highest BCUT2D eigenvalue weighted by atomic mass is 35.5. The second kappa shape index (κ2) is 10.5. The van der Waals surface area contributed by atoms with Gasteiger partial charge in [-0.2, -0.15) is 5.10 Å². The summed E-state index contributed by atoms with van der Waals surface area (Å²) in [6.45, 7) is 3.29. The van der Waals surface area contributed by atoms with Crippen molar-refractivity contribution in [3.05, 3.63) is 65.7 Å². The van der Waals surface area contributed by atoms with Crippen LogP contribution in [0, 0.1) is 0 Å². The molecule has 0 spiro atoms. The van der Waals surface area contributed by atoms with Crippen LogP contribution in [0.2, 0.25) is 5.02 Å². The lowest BCUT2D eigenvalue weighted by Gasteiger charge is -2.21. The van der Waals surface area contributed by atoms with E-state index in [0.29, 0.717) is 33.7 Å². The van der Waals surface area contributed by atoms with Crippen LogP contribution in [0.4, 0.5) is 5.95 Å². The van der Waals surface area contributed by atoms with Crippen molar-refractivity contribution < 1.29 is 17.9 Å². The van der Waals surface area contributed by atoms with Crippen LogP contribution in [0.15, 0.2) is 54.9 Å². The topological polar surface area (TPSA) is 150 Å². The molecule has 202 valence electrons. The zero-order valence-corrected chi connectivity index (χ0v) is 23.0. The summed E-state index contributed by atoms with van der Waals surface area (Å²) in [6, 6.07) is 12.7. The van der Waals surface area contributed by atoms with Crippen LogP contribution in [0.5, 0.6) is 11.5 Å². The first-order chi connectivity index (χ1) is 18.7. The summed E-state index contributed by atoms with van der Waals surface area (Å²) in [5.74, 6) is 0.796. The molecule has 0 fully saturated rings. The minimum atomic E-state index is -4.03. The summed E-state index contributed by atoms with van der Waals surface area (Å²) in [5, 5.41) is 16.2. The molecule has 5 rings (SSSR count). The van der Waals surface area contributed by atoms with Crippen molar-refractivity contribution in [2.45, 2.75) is 25.0 Å². The lowest BCUT2D eigenvalue weighted by atomic mass is 10.1. The highest BCUT2D eigenvalue weighted by molar-refractivity contribution is 7.93. The van der Waals surface area contributed by atoms with Crippen LogP contribution in [-0.2, 0) is 10.0 Å². The Labute approximate surface area is 229 Å². The van der Waals surface area contributed by atoms with Crippen molar-refractivity contribution in [1.29, 1.82) is 0 Å². The number of rotatable bonds is 9. The predicted molar refractivity (Wildman–Crippen MR) is 147 cm³/mol. The molecule has 0 saturated heterocycles. The fourth-order valence-corrected chi connectivity index (χ4v) is 5.49. The Morgan fingerprint density at radius 1 is 0.974 bits per heavy atom. The average molecular weight is 569 g/mol. The van der Waals surface area contributed by atoms with Gasteiger partial charge in [0, 0.05) is 23.7 Å². The maximum atomic E-state index is 13.6. The molecule has 3 heterocycles. The van der Waals surface area contributed by atoms with Crippen molar-refractivity contribution in [2.24, 2.45) is 0 Å². The van der Waals surface area contributed by atoms with Gasteiger partial charge in [0.1, 0.15) is 28.7 Å². The predicted octanol–water partition coefficient (Wildman–Crippen LogP) is 4.21. The Bertz CT molecular complexity index is 1710. The number of nitrogens with zero attached hydrogens (tertiary/aromatic N) is 6. The van der Waals surface area contributed by atoms with Crippen LogP contribution in [-0.4, -0.2) is 62.8 Å². The number of fused-ring (bicyclic) bond motifs is 1. The van der Waals surface area contributed by atoms with Gasteiger partial charge in [-0.3, -0.25) is 14.4 Å². The second-order valence-corrected chi connectivity index (χ2v) is 11.2. The molecule has 0 radical (unpaired) electrons. The zero-order valence-electron chi connectivity index (χ0n) is 21.5. The number of halogens is 1. The van der Waals surface area contributed by atoms with Crippen LogP contribution < -0.4 is 14.2 Å². The fourth-order valence-electron chi connectivity index (χ4n) is 4.16. The molecule has 2 atom stereocenters. The number of H-pyrrole nitrogens is 1. The smallest absolute Gasteiger partial charge is 0.243 e. The molecule has 0 aliphatic rings. The lowest BCUT2D eigenvalue weighted by Crippen LogP contribution is -2.31. The summed E-state index contributed by atoms with van der Waals surface area (Å²) in [5.41, 5.74) is 1.64. The molecule has 39 heavy (non-hydrogen) atoms. The molecule has 2 N–H and O–H groups in total. The van der Waals surface area contributed by atoms with Gasteiger partial charge in [0.05, 0.1) is 30.0 Å². The van der Waals surface area contributed by atoms with E-state index < -0.39 is 21.2 Å². The lowest BCUT2D eigenvalue weighted by molar-refractivity contribution is 0.391. The van der Waals surface area contributed by atoms with Crippen molar-refractivity contribution >= 4 is 38.5 Å². The fraction of sp³-hybridized carbons (Fsp3) is 0.240. The monoisotopic (exact) mass is 568 g/mol. The Kier molecular flexibility index (Phi) is 7.10. The summed E-state index contributed by atoms with van der Waals surface area (Å²) in [6.07, 6.45) is 2.86. The molecule has 5 aromatic rings. The number of para-hydroxylation sites is 2. The van der Waals surface area contributed by atoms with Crippen LogP contribution >= 0.6 is 11.6 Å². The third kappa shape index (κ3) is 4.86. The Balaban J connectivity index is 1.65.